The van der Waals surface area contributed by atoms with Crippen molar-refractivity contribution in [2.75, 3.05) is 0 Å². The average molecular weight is 318 g/mol. The van der Waals surface area contributed by atoms with Crippen LogP contribution in [-0.2, 0) is 4.79 Å². The summed E-state index contributed by atoms with van der Waals surface area (Å²) in [6.07, 6.45) is 10.8. The van der Waals surface area contributed by atoms with Gasteiger partial charge in [0.15, 0.2) is 6.71 Å². The van der Waals surface area contributed by atoms with Crippen LogP contribution in [0.5, 0.6) is 0 Å². The normalized spacial score (nSPS) is 19.0. The molecular weight excluding hydrogens is 279 g/mol. The third-order valence-electron chi connectivity index (χ3n) is 5.57. The summed E-state index contributed by atoms with van der Waals surface area (Å²) >= 11 is 0. The third-order valence-corrected chi connectivity index (χ3v) is 5.57. The van der Waals surface area contributed by atoms with Gasteiger partial charge in [-0.1, -0.05) is 82.6 Å². The van der Waals surface area contributed by atoms with E-state index in [1.807, 2.05) is 27.7 Å². The van der Waals surface area contributed by atoms with Gasteiger partial charge < -0.3 is 0 Å². The highest BCUT2D eigenvalue weighted by Gasteiger charge is 2.50. The molecule has 0 radical (unpaired) electrons. The van der Waals surface area contributed by atoms with E-state index < -0.39 is 0 Å². The van der Waals surface area contributed by atoms with Crippen LogP contribution in [0.3, 0.4) is 0 Å². The summed E-state index contributed by atoms with van der Waals surface area (Å²) < 4.78 is 0. The fourth-order valence-corrected chi connectivity index (χ4v) is 3.68. The molecule has 0 spiro atoms. The minimum absolute atomic E-state index is 0.0181. The van der Waals surface area contributed by atoms with Gasteiger partial charge in [0.25, 0.3) is 0 Å². The Morgan fingerprint density at radius 2 is 1.61 bits per heavy atom. The zero-order valence-electron chi connectivity index (χ0n) is 16.8. The van der Waals surface area contributed by atoms with E-state index in [-0.39, 0.29) is 5.41 Å². The zero-order chi connectivity index (χ0) is 18.0. The first-order valence-corrected chi connectivity index (χ1v) is 9.83. The number of Topliss-reactive ketones (excluding diaryl/α,β-unsaturated/α-hetero) is 1. The second-order valence-corrected chi connectivity index (χ2v) is 6.69. The molecule has 0 aromatic rings. The molecule has 2 aliphatic rings. The Bertz CT molecular complexity index is 398. The van der Waals surface area contributed by atoms with Crippen LogP contribution in [0.1, 0.15) is 87.0 Å². The second kappa shape index (κ2) is 10.9. The first-order chi connectivity index (χ1) is 11.0. The molecule has 1 nitrogen and oxygen atoms in total. The van der Waals surface area contributed by atoms with Gasteiger partial charge in [-0.2, -0.15) is 0 Å². The lowest BCUT2D eigenvalue weighted by Gasteiger charge is -2.26. The van der Waals surface area contributed by atoms with Crippen LogP contribution in [0.2, 0.25) is 12.1 Å². The van der Waals surface area contributed by atoms with Crippen LogP contribution in [-0.4, -0.2) is 12.5 Å². The lowest BCUT2D eigenvalue weighted by molar-refractivity contribution is -0.121. The monoisotopic (exact) mass is 318 g/mol. The van der Waals surface area contributed by atoms with Gasteiger partial charge in [-0.05, 0) is 33.6 Å². The number of rotatable bonds is 6. The predicted molar refractivity (Wildman–Crippen MR) is 106 cm³/mol. The smallest absolute Gasteiger partial charge is 0.179 e. The van der Waals surface area contributed by atoms with E-state index in [0.29, 0.717) is 12.5 Å². The van der Waals surface area contributed by atoms with Crippen LogP contribution in [0.25, 0.3) is 0 Å². The Hall–Kier alpha value is -0.785. The molecule has 2 aliphatic carbocycles. The summed E-state index contributed by atoms with van der Waals surface area (Å²) in [5, 5.41) is 0. The lowest BCUT2D eigenvalue weighted by Crippen LogP contribution is -2.29. The first-order valence-electron chi connectivity index (χ1n) is 9.83. The minimum Gasteiger partial charge on any atom is -0.299 e. The molecule has 23 heavy (non-hydrogen) atoms. The summed E-state index contributed by atoms with van der Waals surface area (Å²) in [5.74, 6) is 1.17. The number of ketones is 1. The molecule has 0 aliphatic heterocycles. The Morgan fingerprint density at radius 3 is 1.96 bits per heavy atom. The number of hydrogen-bond donors (Lipinski definition) is 0. The van der Waals surface area contributed by atoms with E-state index >= 15 is 0 Å². The third kappa shape index (κ3) is 5.97. The molecule has 132 valence electrons. The van der Waals surface area contributed by atoms with Gasteiger partial charge in [0.1, 0.15) is 5.78 Å². The van der Waals surface area contributed by atoms with Crippen molar-refractivity contribution in [1.82, 2.24) is 0 Å². The van der Waals surface area contributed by atoms with Crippen LogP contribution in [0, 0.1) is 5.41 Å². The summed E-state index contributed by atoms with van der Waals surface area (Å²) in [7, 11) is 0. The maximum absolute atomic E-state index is 11.9. The van der Waals surface area contributed by atoms with Crippen LogP contribution < -0.4 is 0 Å². The van der Waals surface area contributed by atoms with E-state index in [0.717, 1.165) is 25.0 Å². The van der Waals surface area contributed by atoms with Gasteiger partial charge in [0.05, 0.1) is 0 Å². The van der Waals surface area contributed by atoms with Crippen molar-refractivity contribution in [3.05, 3.63) is 23.7 Å². The molecular formula is C21H39BO. The Balaban J connectivity index is 0.00000112. The van der Waals surface area contributed by atoms with Crippen molar-refractivity contribution in [3.8, 4) is 0 Å². The number of allylic oxidation sites excluding steroid dienone is 3. The highest BCUT2D eigenvalue weighted by Crippen LogP contribution is 2.54. The van der Waals surface area contributed by atoms with Gasteiger partial charge in [-0.3, -0.25) is 4.79 Å². The Labute approximate surface area is 146 Å². The van der Waals surface area contributed by atoms with Gasteiger partial charge in [0, 0.05) is 5.41 Å². The average Bonchev–Trinajstić information content (AvgIpc) is 3.19. The molecule has 0 amide bonds. The van der Waals surface area contributed by atoms with E-state index in [4.69, 9.17) is 0 Å². The molecule has 0 aromatic carbocycles. The highest BCUT2D eigenvalue weighted by atomic mass is 16.1. The molecule has 0 unspecified atom stereocenters. The quantitative estimate of drug-likeness (QED) is 0.384. The van der Waals surface area contributed by atoms with Crippen LogP contribution in [0.15, 0.2) is 23.7 Å². The molecule has 0 N–H and O–H groups in total. The maximum atomic E-state index is 11.9. The molecule has 0 bridgehead atoms. The van der Waals surface area contributed by atoms with E-state index in [2.05, 4.69) is 26.5 Å². The van der Waals surface area contributed by atoms with Crippen LogP contribution >= 0.6 is 0 Å². The second-order valence-electron chi connectivity index (χ2n) is 6.69. The zero-order valence-corrected chi connectivity index (χ0v) is 16.8. The molecule has 0 heterocycles. The first kappa shape index (κ1) is 22.2. The van der Waals surface area contributed by atoms with Gasteiger partial charge in [-0.25, -0.2) is 0 Å². The van der Waals surface area contributed by atoms with E-state index in [9.17, 15) is 4.79 Å². The maximum Gasteiger partial charge on any atom is 0.179 e. The van der Waals surface area contributed by atoms with Gasteiger partial charge in [-0.15, -0.1) is 6.58 Å². The lowest BCUT2D eigenvalue weighted by atomic mass is 9.32. The molecule has 0 saturated heterocycles. The summed E-state index contributed by atoms with van der Waals surface area (Å²) in [5.41, 5.74) is 2.63. The van der Waals surface area contributed by atoms with E-state index in [1.54, 1.807) is 6.92 Å². The van der Waals surface area contributed by atoms with Crippen LogP contribution in [0.4, 0.5) is 0 Å². The summed E-state index contributed by atoms with van der Waals surface area (Å²) in [4.78, 5) is 11.9. The molecule has 0 aromatic heterocycles. The molecule has 0 atom stereocenters. The molecule has 2 saturated carbocycles. The van der Waals surface area contributed by atoms with Crippen molar-refractivity contribution in [3.63, 3.8) is 0 Å². The summed E-state index contributed by atoms with van der Waals surface area (Å²) in [6, 6.07) is 0. The number of carbonyl (C=O) groups excluding carboxylic acids is 1. The van der Waals surface area contributed by atoms with Crippen molar-refractivity contribution >= 4 is 12.5 Å². The van der Waals surface area contributed by atoms with E-state index in [1.165, 1.54) is 36.7 Å². The van der Waals surface area contributed by atoms with Gasteiger partial charge in [0.2, 0.25) is 0 Å². The van der Waals surface area contributed by atoms with Crippen molar-refractivity contribution < 1.29 is 4.79 Å². The van der Waals surface area contributed by atoms with Crippen molar-refractivity contribution in [2.45, 2.75) is 99.1 Å². The summed E-state index contributed by atoms with van der Waals surface area (Å²) in [6.45, 7) is 18.9. The molecule has 2 rings (SSSR count). The number of hydrogen-bond acceptors (Lipinski definition) is 1. The standard InChI is InChI=1S/C17H27BO.2C2H6/c1-5-13(2)14(3)18(16-8-6-7-9-16)12-17(10-11-17)15(4)19;2*1-2/h5,16H,3,6-12H2,1-2,4H3;2*1-2H3/b13-5-;;. The highest BCUT2D eigenvalue weighted by molar-refractivity contribution is 6.69. The molecule has 2 heteroatoms. The van der Waals surface area contributed by atoms with Gasteiger partial charge >= 0.3 is 0 Å². The number of carbonyl (C=O) groups is 1. The molecule has 2 fully saturated rings. The Morgan fingerprint density at radius 1 is 1.13 bits per heavy atom. The Kier molecular flexibility index (Phi) is 10.5. The largest absolute Gasteiger partial charge is 0.299 e. The predicted octanol–water partition coefficient (Wildman–Crippen LogP) is 6.91. The van der Waals surface area contributed by atoms with Crippen molar-refractivity contribution in [1.29, 1.82) is 0 Å². The van der Waals surface area contributed by atoms with Crippen molar-refractivity contribution in [2.24, 2.45) is 5.41 Å². The fourth-order valence-electron chi connectivity index (χ4n) is 3.68. The fraction of sp³-hybridized carbons (Fsp3) is 0.762. The SMILES string of the molecule is C=C(B(CC1(C(C)=O)CC1)C1CCCC1)/C(C)=C\C.CC.CC. The minimum atomic E-state index is 0.0181. The topological polar surface area (TPSA) is 17.1 Å².